The van der Waals surface area contributed by atoms with Gasteiger partial charge in [-0.1, -0.05) is 27.7 Å². The van der Waals surface area contributed by atoms with Crippen LogP contribution < -0.4 is 5.32 Å². The van der Waals surface area contributed by atoms with Gasteiger partial charge in [0.15, 0.2) is 0 Å². The summed E-state index contributed by atoms with van der Waals surface area (Å²) in [5.41, 5.74) is 1.66. The van der Waals surface area contributed by atoms with Gasteiger partial charge in [-0.3, -0.25) is 4.68 Å². The Morgan fingerprint density at radius 3 is 2.63 bits per heavy atom. The molecule has 0 saturated heterocycles. The van der Waals surface area contributed by atoms with Gasteiger partial charge in [-0.25, -0.2) is 0 Å². The summed E-state index contributed by atoms with van der Waals surface area (Å²) in [6.07, 6.45) is 8.00. The van der Waals surface area contributed by atoms with Crippen LogP contribution in [0.1, 0.15) is 58.6 Å². The number of hydrogen-bond acceptors (Lipinski definition) is 2. The molecule has 0 bridgehead atoms. The lowest BCUT2D eigenvalue weighted by molar-refractivity contribution is 0.112. The molecule has 1 heterocycles. The van der Waals surface area contributed by atoms with E-state index in [4.69, 9.17) is 0 Å². The molecule has 1 aliphatic rings. The minimum absolute atomic E-state index is 0.400. The van der Waals surface area contributed by atoms with Gasteiger partial charge in [0, 0.05) is 12.2 Å². The highest BCUT2D eigenvalue weighted by Crippen LogP contribution is 2.42. The number of nitrogens with one attached hydrogen (secondary N) is 1. The Kier molecular flexibility index (Phi) is 4.34. The number of rotatable bonds is 3. The zero-order valence-corrected chi connectivity index (χ0v) is 13.1. The largest absolute Gasteiger partial charge is 0.312 e. The van der Waals surface area contributed by atoms with Gasteiger partial charge in [0.1, 0.15) is 0 Å². The first kappa shape index (κ1) is 14.6. The Balaban J connectivity index is 2.17. The maximum absolute atomic E-state index is 4.57. The molecule has 108 valence electrons. The minimum atomic E-state index is 0.400. The van der Waals surface area contributed by atoms with E-state index in [1.165, 1.54) is 24.8 Å². The van der Waals surface area contributed by atoms with Gasteiger partial charge in [-0.2, -0.15) is 5.10 Å². The van der Waals surface area contributed by atoms with E-state index in [9.17, 15) is 0 Å². The van der Waals surface area contributed by atoms with Gasteiger partial charge >= 0.3 is 0 Å². The standard InChI is InChI=1S/C16H29N3/c1-6-17-14-8-7-13(16(3,4)5)9-15(14)19-11-12(2)10-18-19/h10-11,13-15,17H,6-9H2,1-5H3. The van der Waals surface area contributed by atoms with Gasteiger partial charge < -0.3 is 5.32 Å². The van der Waals surface area contributed by atoms with E-state index < -0.39 is 0 Å². The average Bonchev–Trinajstić information content (AvgIpc) is 2.75. The molecular weight excluding hydrogens is 234 g/mol. The number of nitrogens with zero attached hydrogens (tertiary/aromatic N) is 2. The van der Waals surface area contributed by atoms with E-state index in [1.807, 2.05) is 6.20 Å². The molecule has 0 aliphatic heterocycles. The Labute approximate surface area is 117 Å². The Bertz CT molecular complexity index is 402. The van der Waals surface area contributed by atoms with Crippen LogP contribution in [0, 0.1) is 18.3 Å². The molecule has 19 heavy (non-hydrogen) atoms. The first-order valence-electron chi connectivity index (χ1n) is 7.66. The highest BCUT2D eigenvalue weighted by Gasteiger charge is 2.36. The third-order valence-corrected chi connectivity index (χ3v) is 4.58. The van der Waals surface area contributed by atoms with E-state index in [-0.39, 0.29) is 0 Å². The number of aromatic nitrogens is 2. The maximum atomic E-state index is 4.57. The zero-order chi connectivity index (χ0) is 14.0. The summed E-state index contributed by atoms with van der Waals surface area (Å²) >= 11 is 0. The first-order valence-corrected chi connectivity index (χ1v) is 7.66. The van der Waals surface area contributed by atoms with Crippen LogP contribution in [0.2, 0.25) is 0 Å². The minimum Gasteiger partial charge on any atom is -0.312 e. The van der Waals surface area contributed by atoms with Gasteiger partial charge in [-0.05, 0) is 49.6 Å². The molecule has 0 radical (unpaired) electrons. The van der Waals surface area contributed by atoms with Gasteiger partial charge in [0.2, 0.25) is 0 Å². The fraction of sp³-hybridized carbons (Fsp3) is 0.812. The molecular formula is C16H29N3. The zero-order valence-electron chi connectivity index (χ0n) is 13.1. The van der Waals surface area contributed by atoms with Crippen molar-refractivity contribution in [3.63, 3.8) is 0 Å². The van der Waals surface area contributed by atoms with E-state index in [2.05, 4.69) is 55.9 Å². The topological polar surface area (TPSA) is 29.9 Å². The summed E-state index contributed by atoms with van der Waals surface area (Å²) in [7, 11) is 0. The first-order chi connectivity index (χ1) is 8.91. The van der Waals surface area contributed by atoms with Crippen molar-refractivity contribution in [2.24, 2.45) is 11.3 Å². The van der Waals surface area contributed by atoms with Crippen LogP contribution in [0.5, 0.6) is 0 Å². The molecule has 3 nitrogen and oxygen atoms in total. The van der Waals surface area contributed by atoms with Crippen molar-refractivity contribution >= 4 is 0 Å². The highest BCUT2D eigenvalue weighted by molar-refractivity contribution is 5.02. The lowest BCUT2D eigenvalue weighted by Crippen LogP contribution is -2.44. The van der Waals surface area contributed by atoms with Crippen molar-refractivity contribution in [2.45, 2.75) is 66.0 Å². The normalized spacial score (nSPS) is 28.6. The number of hydrogen-bond donors (Lipinski definition) is 1. The molecule has 1 fully saturated rings. The molecule has 0 spiro atoms. The van der Waals surface area contributed by atoms with Gasteiger partial charge in [-0.15, -0.1) is 0 Å². The molecule has 1 saturated carbocycles. The molecule has 3 unspecified atom stereocenters. The van der Waals surface area contributed by atoms with Crippen molar-refractivity contribution < 1.29 is 0 Å². The Hall–Kier alpha value is -0.830. The predicted octanol–water partition coefficient (Wildman–Crippen LogP) is 3.56. The third-order valence-electron chi connectivity index (χ3n) is 4.58. The van der Waals surface area contributed by atoms with Crippen LogP contribution in [0.3, 0.4) is 0 Å². The third kappa shape index (κ3) is 3.38. The summed E-state index contributed by atoms with van der Waals surface area (Å²) in [4.78, 5) is 0. The molecule has 0 amide bonds. The predicted molar refractivity (Wildman–Crippen MR) is 80.3 cm³/mol. The average molecular weight is 263 g/mol. The van der Waals surface area contributed by atoms with Crippen molar-refractivity contribution in [3.8, 4) is 0 Å². The fourth-order valence-electron chi connectivity index (χ4n) is 3.34. The summed E-state index contributed by atoms with van der Waals surface area (Å²) in [6, 6.07) is 1.08. The van der Waals surface area contributed by atoms with Crippen molar-refractivity contribution in [2.75, 3.05) is 6.54 Å². The molecule has 1 N–H and O–H groups in total. The quantitative estimate of drug-likeness (QED) is 0.903. The SMILES string of the molecule is CCNC1CCC(C(C)(C)C)CC1n1cc(C)cn1. The van der Waals surface area contributed by atoms with Crippen LogP contribution in [0.15, 0.2) is 12.4 Å². The van der Waals surface area contributed by atoms with E-state index in [0.29, 0.717) is 17.5 Å². The van der Waals surface area contributed by atoms with Crippen molar-refractivity contribution in [1.82, 2.24) is 15.1 Å². The summed E-state index contributed by atoms with van der Waals surface area (Å²) in [6.45, 7) is 12.5. The van der Waals surface area contributed by atoms with E-state index >= 15 is 0 Å². The van der Waals surface area contributed by atoms with Crippen LogP contribution in [-0.4, -0.2) is 22.4 Å². The lowest BCUT2D eigenvalue weighted by atomic mass is 9.69. The maximum Gasteiger partial charge on any atom is 0.0675 e. The smallest absolute Gasteiger partial charge is 0.0675 e. The highest BCUT2D eigenvalue weighted by atomic mass is 15.3. The molecule has 1 aliphatic carbocycles. The number of aryl methyl sites for hydroxylation is 1. The van der Waals surface area contributed by atoms with E-state index in [1.54, 1.807) is 0 Å². The summed E-state index contributed by atoms with van der Waals surface area (Å²) in [5.74, 6) is 0.789. The molecule has 1 aromatic heterocycles. The Morgan fingerprint density at radius 1 is 1.37 bits per heavy atom. The lowest BCUT2D eigenvalue weighted by Gasteiger charge is -2.42. The molecule has 3 atom stereocenters. The second-order valence-corrected chi connectivity index (χ2v) is 7.11. The summed E-state index contributed by atoms with van der Waals surface area (Å²) < 4.78 is 2.19. The molecule has 2 rings (SSSR count). The van der Waals surface area contributed by atoms with Gasteiger partial charge in [0.05, 0.1) is 12.2 Å². The van der Waals surface area contributed by atoms with Crippen molar-refractivity contribution in [3.05, 3.63) is 18.0 Å². The van der Waals surface area contributed by atoms with Crippen LogP contribution in [0.4, 0.5) is 0 Å². The second-order valence-electron chi connectivity index (χ2n) is 7.11. The van der Waals surface area contributed by atoms with Crippen LogP contribution in [-0.2, 0) is 0 Å². The summed E-state index contributed by atoms with van der Waals surface area (Å²) in [5, 5.41) is 8.22. The molecule has 0 aromatic carbocycles. The number of likely N-dealkylation sites (N-methyl/N-ethyl adjacent to an activating group) is 1. The fourth-order valence-corrected chi connectivity index (χ4v) is 3.34. The van der Waals surface area contributed by atoms with Crippen LogP contribution in [0.25, 0.3) is 0 Å². The van der Waals surface area contributed by atoms with Gasteiger partial charge in [0.25, 0.3) is 0 Å². The monoisotopic (exact) mass is 263 g/mol. The van der Waals surface area contributed by atoms with Crippen molar-refractivity contribution in [1.29, 1.82) is 0 Å². The molecule has 3 heteroatoms. The molecule has 1 aromatic rings. The Morgan fingerprint density at radius 2 is 2.11 bits per heavy atom. The second kappa shape index (κ2) is 5.66. The van der Waals surface area contributed by atoms with E-state index in [0.717, 1.165) is 12.5 Å². The van der Waals surface area contributed by atoms with Crippen LogP contribution >= 0.6 is 0 Å².